The Balaban J connectivity index is 1.71. The normalized spacial score (nSPS) is 18.6. The zero-order chi connectivity index (χ0) is 18.4. The van der Waals surface area contributed by atoms with Crippen molar-refractivity contribution in [1.82, 2.24) is 0 Å². The average Bonchev–Trinajstić information content (AvgIpc) is 2.72. The predicted molar refractivity (Wildman–Crippen MR) is 109 cm³/mol. The SMILES string of the molecule is O=[N+]([O-])c1cccc(C2Nc3ccc4ccccc4c3C3=C2CCCC3)c1. The topological polar surface area (TPSA) is 55.2 Å². The Kier molecular flexibility index (Phi) is 3.71. The predicted octanol–water partition coefficient (Wildman–Crippen LogP) is 6.24. The summed E-state index contributed by atoms with van der Waals surface area (Å²) in [5.41, 5.74) is 6.40. The second kappa shape index (κ2) is 6.23. The maximum absolute atomic E-state index is 11.2. The van der Waals surface area contributed by atoms with E-state index in [1.54, 1.807) is 18.2 Å². The number of hydrogen-bond donors (Lipinski definition) is 1. The minimum absolute atomic E-state index is 0.00821. The molecule has 4 nitrogen and oxygen atoms in total. The van der Waals surface area contributed by atoms with Gasteiger partial charge in [0.2, 0.25) is 0 Å². The lowest BCUT2D eigenvalue weighted by atomic mass is 9.77. The molecular weight excluding hydrogens is 336 g/mol. The molecule has 0 amide bonds. The van der Waals surface area contributed by atoms with Gasteiger partial charge in [-0.1, -0.05) is 42.5 Å². The van der Waals surface area contributed by atoms with Crippen LogP contribution in [0.15, 0.2) is 66.2 Å². The van der Waals surface area contributed by atoms with E-state index in [2.05, 4.69) is 41.7 Å². The van der Waals surface area contributed by atoms with Crippen LogP contribution in [-0.2, 0) is 0 Å². The number of nitro benzene ring substituents is 1. The van der Waals surface area contributed by atoms with Crippen molar-refractivity contribution in [2.75, 3.05) is 5.32 Å². The van der Waals surface area contributed by atoms with Crippen LogP contribution in [0.1, 0.15) is 42.9 Å². The van der Waals surface area contributed by atoms with Gasteiger partial charge in [-0.05, 0) is 59.2 Å². The molecule has 3 aromatic rings. The number of nitro groups is 1. The third kappa shape index (κ3) is 2.60. The number of nitrogens with one attached hydrogen (secondary N) is 1. The maximum Gasteiger partial charge on any atom is 0.269 e. The standard InChI is InChI=1S/C23H20N2O2/c26-25(27)17-8-5-7-16(14-17)23-20-11-4-3-10-19(20)22-18-9-2-1-6-15(18)12-13-21(22)24-23/h1-2,5-9,12-14,23-24H,3-4,10-11H2. The second-order valence-corrected chi connectivity index (χ2v) is 7.35. The van der Waals surface area contributed by atoms with E-state index in [1.807, 2.05) is 6.07 Å². The Morgan fingerprint density at radius 3 is 2.70 bits per heavy atom. The monoisotopic (exact) mass is 356 g/mol. The number of anilines is 1. The molecule has 0 radical (unpaired) electrons. The molecular formula is C23H20N2O2. The van der Waals surface area contributed by atoms with Crippen LogP contribution in [0.4, 0.5) is 11.4 Å². The van der Waals surface area contributed by atoms with Crippen molar-refractivity contribution < 1.29 is 4.92 Å². The summed E-state index contributed by atoms with van der Waals surface area (Å²) in [7, 11) is 0. The van der Waals surface area contributed by atoms with Crippen molar-refractivity contribution >= 4 is 27.7 Å². The van der Waals surface area contributed by atoms with Crippen molar-refractivity contribution in [3.05, 3.63) is 87.5 Å². The maximum atomic E-state index is 11.2. The zero-order valence-electron chi connectivity index (χ0n) is 14.9. The summed E-state index contributed by atoms with van der Waals surface area (Å²) in [6, 6.07) is 19.9. The number of allylic oxidation sites excluding steroid dienone is 1. The molecule has 0 saturated heterocycles. The molecule has 2 aliphatic rings. The van der Waals surface area contributed by atoms with Crippen LogP contribution in [0.3, 0.4) is 0 Å². The number of non-ortho nitro benzene ring substituents is 1. The van der Waals surface area contributed by atoms with Crippen molar-refractivity contribution in [1.29, 1.82) is 0 Å². The average molecular weight is 356 g/mol. The summed E-state index contributed by atoms with van der Waals surface area (Å²) in [5, 5.41) is 17.5. The summed E-state index contributed by atoms with van der Waals surface area (Å²) < 4.78 is 0. The van der Waals surface area contributed by atoms with Gasteiger partial charge in [0, 0.05) is 23.4 Å². The van der Waals surface area contributed by atoms with Crippen LogP contribution in [0.2, 0.25) is 0 Å². The number of benzene rings is 3. The van der Waals surface area contributed by atoms with Crippen LogP contribution >= 0.6 is 0 Å². The van der Waals surface area contributed by atoms with Gasteiger partial charge in [0.25, 0.3) is 5.69 Å². The van der Waals surface area contributed by atoms with Crippen LogP contribution in [0, 0.1) is 10.1 Å². The molecule has 1 aliphatic heterocycles. The molecule has 134 valence electrons. The largest absolute Gasteiger partial charge is 0.374 e. The van der Waals surface area contributed by atoms with Gasteiger partial charge >= 0.3 is 0 Å². The first-order valence-electron chi connectivity index (χ1n) is 9.47. The van der Waals surface area contributed by atoms with Crippen molar-refractivity contribution in [2.45, 2.75) is 31.7 Å². The summed E-state index contributed by atoms with van der Waals surface area (Å²) >= 11 is 0. The number of rotatable bonds is 2. The van der Waals surface area contributed by atoms with E-state index in [4.69, 9.17) is 0 Å². The first-order valence-corrected chi connectivity index (χ1v) is 9.47. The molecule has 0 spiro atoms. The van der Waals surface area contributed by atoms with Crippen LogP contribution in [0.25, 0.3) is 16.3 Å². The van der Waals surface area contributed by atoms with Crippen LogP contribution in [-0.4, -0.2) is 4.92 Å². The highest BCUT2D eigenvalue weighted by atomic mass is 16.6. The Morgan fingerprint density at radius 2 is 1.81 bits per heavy atom. The van der Waals surface area contributed by atoms with E-state index in [0.717, 1.165) is 24.1 Å². The first-order chi connectivity index (χ1) is 13.2. The molecule has 3 aromatic carbocycles. The first kappa shape index (κ1) is 16.1. The highest BCUT2D eigenvalue weighted by molar-refractivity contribution is 6.01. The Bertz CT molecular complexity index is 1100. The molecule has 1 heterocycles. The van der Waals surface area contributed by atoms with Gasteiger partial charge in [-0.3, -0.25) is 10.1 Å². The van der Waals surface area contributed by atoms with E-state index >= 15 is 0 Å². The van der Waals surface area contributed by atoms with E-state index in [9.17, 15) is 10.1 Å². The third-order valence-corrected chi connectivity index (χ3v) is 5.80. The Morgan fingerprint density at radius 1 is 0.963 bits per heavy atom. The molecule has 27 heavy (non-hydrogen) atoms. The smallest absolute Gasteiger partial charge is 0.269 e. The molecule has 0 fully saturated rings. The molecule has 1 aliphatic carbocycles. The minimum atomic E-state index is -0.316. The summed E-state index contributed by atoms with van der Waals surface area (Å²) in [4.78, 5) is 10.9. The van der Waals surface area contributed by atoms with Crippen molar-refractivity contribution in [3.8, 4) is 0 Å². The number of hydrogen-bond acceptors (Lipinski definition) is 3. The zero-order valence-corrected chi connectivity index (χ0v) is 14.9. The molecule has 4 heteroatoms. The van der Waals surface area contributed by atoms with E-state index < -0.39 is 0 Å². The fraction of sp³-hybridized carbons (Fsp3) is 0.217. The van der Waals surface area contributed by atoms with E-state index in [-0.39, 0.29) is 16.7 Å². The minimum Gasteiger partial charge on any atom is -0.374 e. The van der Waals surface area contributed by atoms with Gasteiger partial charge in [-0.2, -0.15) is 0 Å². The second-order valence-electron chi connectivity index (χ2n) is 7.35. The number of fused-ring (bicyclic) bond motifs is 4. The summed E-state index contributed by atoms with van der Waals surface area (Å²) in [6.07, 6.45) is 4.48. The Labute approximate surface area is 157 Å². The van der Waals surface area contributed by atoms with Crippen molar-refractivity contribution in [3.63, 3.8) is 0 Å². The molecule has 1 atom stereocenters. The van der Waals surface area contributed by atoms with Crippen LogP contribution in [0.5, 0.6) is 0 Å². The van der Waals surface area contributed by atoms with E-state index in [0.29, 0.717) is 0 Å². The lowest BCUT2D eigenvalue weighted by Crippen LogP contribution is -2.22. The molecule has 5 rings (SSSR count). The lowest BCUT2D eigenvalue weighted by molar-refractivity contribution is -0.384. The summed E-state index contributed by atoms with van der Waals surface area (Å²) in [6.45, 7) is 0. The molecule has 0 saturated carbocycles. The molecule has 0 aromatic heterocycles. The van der Waals surface area contributed by atoms with E-state index in [1.165, 1.54) is 40.3 Å². The fourth-order valence-electron chi connectivity index (χ4n) is 4.59. The highest BCUT2D eigenvalue weighted by Crippen LogP contribution is 2.49. The molecule has 0 bridgehead atoms. The van der Waals surface area contributed by atoms with Gasteiger partial charge in [0.15, 0.2) is 0 Å². The van der Waals surface area contributed by atoms with Crippen molar-refractivity contribution in [2.24, 2.45) is 0 Å². The van der Waals surface area contributed by atoms with Gasteiger partial charge in [0.1, 0.15) is 0 Å². The molecule has 1 unspecified atom stereocenters. The van der Waals surface area contributed by atoms with Gasteiger partial charge in [-0.15, -0.1) is 0 Å². The third-order valence-electron chi connectivity index (χ3n) is 5.80. The quantitative estimate of drug-likeness (QED) is 0.436. The lowest BCUT2D eigenvalue weighted by Gasteiger charge is -2.36. The number of nitrogens with zero attached hydrogens (tertiary/aromatic N) is 1. The fourth-order valence-corrected chi connectivity index (χ4v) is 4.59. The van der Waals surface area contributed by atoms with Gasteiger partial charge in [-0.25, -0.2) is 0 Å². The Hall–Kier alpha value is -3.14. The molecule has 1 N–H and O–H groups in total. The summed E-state index contributed by atoms with van der Waals surface area (Å²) in [5.74, 6) is 0. The van der Waals surface area contributed by atoms with Gasteiger partial charge < -0.3 is 5.32 Å². The highest BCUT2D eigenvalue weighted by Gasteiger charge is 2.31. The van der Waals surface area contributed by atoms with Gasteiger partial charge in [0.05, 0.1) is 11.0 Å². The van der Waals surface area contributed by atoms with Crippen LogP contribution < -0.4 is 5.32 Å².